The fourth-order valence-corrected chi connectivity index (χ4v) is 7.63. The highest BCUT2D eigenvalue weighted by atomic mass is 35.5. The summed E-state index contributed by atoms with van der Waals surface area (Å²) in [7, 11) is 2.05. The van der Waals surface area contributed by atoms with Crippen LogP contribution in [0.4, 0.5) is 25.4 Å². The molecule has 0 saturated heterocycles. The molecule has 1 aliphatic rings. The van der Waals surface area contributed by atoms with E-state index in [-0.39, 0.29) is 84.6 Å². The molecule has 2 aromatic carbocycles. The lowest BCUT2D eigenvalue weighted by atomic mass is 9.96. The van der Waals surface area contributed by atoms with Crippen molar-refractivity contribution in [2.45, 2.75) is 33.2 Å². The van der Waals surface area contributed by atoms with Crippen molar-refractivity contribution in [3.63, 3.8) is 0 Å². The van der Waals surface area contributed by atoms with Gasteiger partial charge in [0.15, 0.2) is 11.6 Å². The number of ether oxygens (including phenoxy) is 2. The molecule has 0 amide bonds. The van der Waals surface area contributed by atoms with Crippen LogP contribution in [0.15, 0.2) is 30.5 Å². The summed E-state index contributed by atoms with van der Waals surface area (Å²) in [4.78, 5) is 17.8. The van der Waals surface area contributed by atoms with Crippen LogP contribution in [0.5, 0.6) is 11.8 Å². The summed E-state index contributed by atoms with van der Waals surface area (Å²) in [5.74, 6) is -0.406. The van der Waals surface area contributed by atoms with Gasteiger partial charge in [-0.1, -0.05) is 37.6 Å². The van der Waals surface area contributed by atoms with Crippen LogP contribution in [0.3, 0.4) is 0 Å². The first-order chi connectivity index (χ1) is 23.0. The number of benzene rings is 2. The first-order valence-electron chi connectivity index (χ1n) is 15.6. The van der Waals surface area contributed by atoms with E-state index >= 15 is 4.39 Å². The minimum Gasteiger partial charge on any atom is -0.489 e. The van der Waals surface area contributed by atoms with E-state index in [0.717, 1.165) is 36.4 Å². The molecule has 0 bridgehead atoms. The molecule has 250 valence electrons. The minimum atomic E-state index is -0.802. The highest BCUT2D eigenvalue weighted by Gasteiger charge is 2.33. The summed E-state index contributed by atoms with van der Waals surface area (Å²) >= 11 is 7.94. The maximum Gasteiger partial charge on any atom is 0.319 e. The van der Waals surface area contributed by atoms with Crippen LogP contribution >= 0.6 is 22.9 Å². The summed E-state index contributed by atoms with van der Waals surface area (Å²) in [6.45, 7) is 8.65. The lowest BCUT2D eigenvalue weighted by Gasteiger charge is -2.30. The van der Waals surface area contributed by atoms with Gasteiger partial charge in [0.05, 0.1) is 39.9 Å². The second kappa shape index (κ2) is 13.5. The van der Waals surface area contributed by atoms with Crippen LogP contribution in [0.25, 0.3) is 32.1 Å². The Balaban J connectivity index is 1.58. The Morgan fingerprint density at radius 3 is 2.73 bits per heavy atom. The number of nitrogens with zero attached hydrogens (tertiary/aromatic N) is 6. The molecule has 0 saturated carbocycles. The van der Waals surface area contributed by atoms with E-state index in [2.05, 4.69) is 35.8 Å². The summed E-state index contributed by atoms with van der Waals surface area (Å²) in [5.41, 5.74) is 13.2. The number of fused-ring (bicyclic) bond motifs is 1. The van der Waals surface area contributed by atoms with Crippen LogP contribution in [-0.2, 0) is 0 Å². The second-order valence-electron chi connectivity index (χ2n) is 12.0. The van der Waals surface area contributed by atoms with Crippen molar-refractivity contribution in [3.05, 3.63) is 58.2 Å². The summed E-state index contributed by atoms with van der Waals surface area (Å²) in [6.07, 6.45) is 2.64. The van der Waals surface area contributed by atoms with Gasteiger partial charge in [0.25, 0.3) is 0 Å². The smallest absolute Gasteiger partial charge is 0.319 e. The van der Waals surface area contributed by atoms with Crippen molar-refractivity contribution in [2.24, 2.45) is 5.92 Å². The lowest BCUT2D eigenvalue weighted by molar-refractivity contribution is 0.196. The Labute approximate surface area is 285 Å². The van der Waals surface area contributed by atoms with Crippen molar-refractivity contribution >= 4 is 60.6 Å². The van der Waals surface area contributed by atoms with Crippen molar-refractivity contribution in [2.75, 3.05) is 56.3 Å². The zero-order valence-corrected chi connectivity index (χ0v) is 28.6. The zero-order chi connectivity index (χ0) is 34.3. The van der Waals surface area contributed by atoms with Gasteiger partial charge in [0.2, 0.25) is 0 Å². The number of halogens is 3. The minimum absolute atomic E-state index is 0.0272. The third-order valence-electron chi connectivity index (χ3n) is 8.51. The molecule has 0 spiro atoms. The van der Waals surface area contributed by atoms with Gasteiger partial charge in [0, 0.05) is 35.2 Å². The van der Waals surface area contributed by atoms with E-state index in [9.17, 15) is 9.65 Å². The molecular formula is C34H35ClF2N8O2S. The van der Waals surface area contributed by atoms with E-state index in [1.54, 1.807) is 12.3 Å². The standard InChI is InChI=1S/C34H35ClF2N8O2S/c1-5-11-44(4)15-17(2)16-47-34-42-28-25-29(46-13-12-45(33(25)43-34)18(3)19-7-6-10-41-31(19)39)26(35)24(27(28)37)20-8-9-22(36)30-23(20)21(14-38)32(40)48-30/h6-10,17-18H,5,11-13,15-16,40H2,1-4H3,(H2,39,41)/t17-,18+/m0/s1. The van der Waals surface area contributed by atoms with Gasteiger partial charge in [-0.25, -0.2) is 13.8 Å². The van der Waals surface area contributed by atoms with Gasteiger partial charge in [-0.3, -0.25) is 0 Å². The SMILES string of the molecule is CCCN(C)C[C@H](C)COc1nc2c3c(c(Cl)c(-c4ccc(F)c5sc(N)c(C#N)c45)c(F)c3n1)OCCN2[C@H](C)c1cccnc1N. The fraction of sp³-hybridized carbons (Fsp3) is 0.353. The Kier molecular flexibility index (Phi) is 9.42. The van der Waals surface area contributed by atoms with Gasteiger partial charge < -0.3 is 30.7 Å². The third kappa shape index (κ3) is 5.89. The number of nitrogens with two attached hydrogens (primary N) is 2. The number of pyridine rings is 1. The molecule has 0 radical (unpaired) electrons. The number of anilines is 3. The highest BCUT2D eigenvalue weighted by Crippen LogP contribution is 2.51. The molecule has 1 aliphatic heterocycles. The van der Waals surface area contributed by atoms with E-state index in [1.165, 1.54) is 12.1 Å². The number of rotatable bonds is 10. The summed E-state index contributed by atoms with van der Waals surface area (Å²) in [6, 6.07) is 7.91. The highest BCUT2D eigenvalue weighted by molar-refractivity contribution is 7.23. The number of hydrogen-bond donors (Lipinski definition) is 2. The molecular weight excluding hydrogens is 658 g/mol. The quantitative estimate of drug-likeness (QED) is 0.155. The van der Waals surface area contributed by atoms with Crippen molar-refractivity contribution in [1.29, 1.82) is 5.26 Å². The molecule has 5 aromatic rings. The fourth-order valence-electron chi connectivity index (χ4n) is 6.34. The number of hydrogen-bond acceptors (Lipinski definition) is 11. The van der Waals surface area contributed by atoms with Crippen LogP contribution in [0, 0.1) is 28.9 Å². The Morgan fingerprint density at radius 1 is 1.21 bits per heavy atom. The van der Waals surface area contributed by atoms with Gasteiger partial charge >= 0.3 is 6.01 Å². The van der Waals surface area contributed by atoms with Crippen molar-refractivity contribution in [3.8, 4) is 29.0 Å². The van der Waals surface area contributed by atoms with Crippen LogP contribution in [0.2, 0.25) is 5.02 Å². The Bertz CT molecular complexity index is 2070. The Morgan fingerprint density at radius 2 is 2.00 bits per heavy atom. The first kappa shape index (κ1) is 33.4. The van der Waals surface area contributed by atoms with Gasteiger partial charge in [-0.15, -0.1) is 11.3 Å². The topological polar surface area (TPSA) is 139 Å². The van der Waals surface area contributed by atoms with Gasteiger partial charge in [-0.05, 0) is 44.6 Å². The molecule has 4 heterocycles. The molecule has 4 N–H and O–H groups in total. The van der Waals surface area contributed by atoms with E-state index in [1.807, 2.05) is 24.0 Å². The predicted molar refractivity (Wildman–Crippen MR) is 187 cm³/mol. The second-order valence-corrected chi connectivity index (χ2v) is 13.4. The number of nitriles is 1. The number of thiophene rings is 1. The van der Waals surface area contributed by atoms with E-state index in [4.69, 9.17) is 37.5 Å². The molecule has 0 unspecified atom stereocenters. The normalized spacial score (nSPS) is 14.2. The molecule has 0 aliphatic carbocycles. The summed E-state index contributed by atoms with van der Waals surface area (Å²) < 4.78 is 44.6. The van der Waals surface area contributed by atoms with Crippen molar-refractivity contribution < 1.29 is 18.3 Å². The third-order valence-corrected chi connectivity index (χ3v) is 9.89. The molecule has 2 atom stereocenters. The average Bonchev–Trinajstić information content (AvgIpc) is 3.28. The van der Waals surface area contributed by atoms with Crippen LogP contribution < -0.4 is 25.8 Å². The molecule has 10 nitrogen and oxygen atoms in total. The molecule has 3 aromatic heterocycles. The average molecular weight is 693 g/mol. The molecule has 0 fully saturated rings. The van der Waals surface area contributed by atoms with E-state index < -0.39 is 11.6 Å². The Hall–Kier alpha value is -4.51. The molecule has 48 heavy (non-hydrogen) atoms. The monoisotopic (exact) mass is 692 g/mol. The number of nitrogen functional groups attached to an aromatic ring is 2. The van der Waals surface area contributed by atoms with Gasteiger partial charge in [0.1, 0.15) is 40.6 Å². The largest absolute Gasteiger partial charge is 0.489 e. The lowest BCUT2D eigenvalue weighted by Crippen LogP contribution is -2.31. The maximum atomic E-state index is 17.1. The number of aromatic nitrogens is 3. The maximum absolute atomic E-state index is 17.1. The zero-order valence-electron chi connectivity index (χ0n) is 27.0. The predicted octanol–water partition coefficient (Wildman–Crippen LogP) is 7.19. The molecule has 6 rings (SSSR count). The summed E-state index contributed by atoms with van der Waals surface area (Å²) in [5, 5.41) is 10.4. The van der Waals surface area contributed by atoms with Crippen LogP contribution in [-0.4, -0.2) is 59.7 Å². The van der Waals surface area contributed by atoms with Crippen LogP contribution in [0.1, 0.15) is 44.4 Å². The van der Waals surface area contributed by atoms with E-state index in [0.29, 0.717) is 18.2 Å². The molecule has 14 heteroatoms. The van der Waals surface area contributed by atoms with Crippen molar-refractivity contribution in [1.82, 2.24) is 19.9 Å². The van der Waals surface area contributed by atoms with Gasteiger partial charge in [-0.2, -0.15) is 15.2 Å². The first-order valence-corrected chi connectivity index (χ1v) is 16.8.